The summed E-state index contributed by atoms with van der Waals surface area (Å²) in [6.07, 6.45) is -8.43. The zero-order valence-corrected chi connectivity index (χ0v) is 25.5. The molecule has 244 valence electrons. The van der Waals surface area contributed by atoms with Crippen molar-refractivity contribution in [2.24, 2.45) is 0 Å². The van der Waals surface area contributed by atoms with E-state index < -0.39 is 47.4 Å². The number of carbonyl (C=O) groups excluding carboxylic acids is 2. The van der Waals surface area contributed by atoms with Crippen molar-refractivity contribution < 1.29 is 40.3 Å². The molecule has 3 atom stereocenters. The molecule has 13 heteroatoms. The zero-order chi connectivity index (χ0) is 33.1. The third-order valence-corrected chi connectivity index (χ3v) is 8.63. The summed E-state index contributed by atoms with van der Waals surface area (Å²) >= 11 is 0. The van der Waals surface area contributed by atoms with Gasteiger partial charge in [-0.2, -0.15) is 26.3 Å². The third kappa shape index (κ3) is 8.42. The first-order valence-electron chi connectivity index (χ1n) is 14.3. The van der Waals surface area contributed by atoms with Gasteiger partial charge in [-0.3, -0.25) is 9.69 Å². The van der Waals surface area contributed by atoms with Gasteiger partial charge in [-0.1, -0.05) is 18.2 Å². The number of likely N-dealkylation sites (N-methyl/N-ethyl adjacent to an activating group) is 1. The van der Waals surface area contributed by atoms with E-state index in [0.717, 1.165) is 5.56 Å². The van der Waals surface area contributed by atoms with E-state index >= 15 is 0 Å². The molecule has 3 rings (SSSR count). The van der Waals surface area contributed by atoms with E-state index in [1.807, 2.05) is 0 Å². The molecule has 0 radical (unpaired) electrons. The van der Waals surface area contributed by atoms with Crippen LogP contribution < -0.4 is 0 Å². The molecule has 0 spiro atoms. The van der Waals surface area contributed by atoms with Gasteiger partial charge in [-0.15, -0.1) is 0 Å². The number of urea groups is 1. The molecular weight excluding hydrogens is 593 g/mol. The summed E-state index contributed by atoms with van der Waals surface area (Å²) in [5.74, 6) is -0.417. The Labute approximate surface area is 253 Å². The Morgan fingerprint density at radius 3 is 2.14 bits per heavy atom. The van der Waals surface area contributed by atoms with Crippen molar-refractivity contribution in [1.82, 2.24) is 19.6 Å². The number of piperazine rings is 1. The number of rotatable bonds is 6. The smallest absolute Gasteiger partial charge is 0.340 e. The van der Waals surface area contributed by atoms with Crippen LogP contribution in [0.3, 0.4) is 0 Å². The van der Waals surface area contributed by atoms with Crippen LogP contribution in [0.15, 0.2) is 53.6 Å². The second-order valence-electron chi connectivity index (χ2n) is 11.5. The van der Waals surface area contributed by atoms with Crippen LogP contribution in [0, 0.1) is 12.7 Å². The minimum Gasteiger partial charge on any atom is -0.340 e. The maximum atomic E-state index is 14.0. The highest BCUT2D eigenvalue weighted by atomic mass is 19.4. The number of nitrogens with zero attached hydrogens (tertiary/aromatic N) is 4. The number of likely N-dealkylation sites (tertiary alicyclic amines) is 1. The Bertz CT molecular complexity index is 1300. The summed E-state index contributed by atoms with van der Waals surface area (Å²) < 4.78 is 93.7. The Balaban J connectivity index is 1.87. The van der Waals surface area contributed by atoms with Crippen molar-refractivity contribution >= 4 is 11.9 Å². The van der Waals surface area contributed by atoms with E-state index in [2.05, 4.69) is 11.5 Å². The van der Waals surface area contributed by atoms with Crippen LogP contribution in [0.5, 0.6) is 0 Å². The highest BCUT2D eigenvalue weighted by Gasteiger charge is 2.40. The molecule has 2 aliphatic heterocycles. The second-order valence-corrected chi connectivity index (χ2v) is 11.5. The van der Waals surface area contributed by atoms with E-state index in [1.165, 1.54) is 44.9 Å². The first-order chi connectivity index (χ1) is 20.3. The van der Waals surface area contributed by atoms with Gasteiger partial charge in [0.1, 0.15) is 5.82 Å². The number of carbonyl (C=O) groups is 2. The van der Waals surface area contributed by atoms with Crippen molar-refractivity contribution in [1.29, 1.82) is 0 Å². The molecular formula is C31H39F7N4O2. The average molecular weight is 633 g/mol. The van der Waals surface area contributed by atoms with Gasteiger partial charge in [0.25, 0.3) is 0 Å². The van der Waals surface area contributed by atoms with Gasteiger partial charge >= 0.3 is 18.4 Å². The molecule has 0 saturated carbocycles. The lowest BCUT2D eigenvalue weighted by molar-refractivity contribution is -0.131. The van der Waals surface area contributed by atoms with E-state index in [9.17, 15) is 40.3 Å². The van der Waals surface area contributed by atoms with Gasteiger partial charge in [0, 0.05) is 58.3 Å². The topological polar surface area (TPSA) is 47.1 Å². The molecule has 0 aliphatic carbocycles. The number of piperidine rings is 1. The fraction of sp³-hybridized carbons (Fsp3) is 0.548. The monoisotopic (exact) mass is 632 g/mol. The lowest BCUT2D eigenvalue weighted by Gasteiger charge is -2.47. The third-order valence-electron chi connectivity index (χ3n) is 8.63. The van der Waals surface area contributed by atoms with Crippen molar-refractivity contribution in [3.63, 3.8) is 0 Å². The Morgan fingerprint density at radius 2 is 1.61 bits per heavy atom. The number of allylic oxidation sites excluding steroid dienone is 4. The molecule has 1 aromatic carbocycles. The maximum Gasteiger partial charge on any atom is 0.416 e. The van der Waals surface area contributed by atoms with Crippen LogP contribution in [-0.2, 0) is 4.79 Å². The Morgan fingerprint density at radius 1 is 1.00 bits per heavy atom. The molecule has 0 aromatic heterocycles. The quantitative estimate of drug-likeness (QED) is 0.256. The standard InChI is InChI=1S/C31H39F7N4O2/c1-19(15-24(31(36,37)38)17-21(3)30(33,34)35)22(4)39(6)29(44)42-10-9-26(41-13-11-40(12-14-41)23(5)43)18-28(42)27-8-7-25(32)16-20(27)2/h7-8,15-17,22,26,28H,3,9-14,18H2,1-2,4-6H3. The van der Waals surface area contributed by atoms with Crippen LogP contribution in [-0.4, -0.2) is 95.7 Å². The Hall–Kier alpha value is -3.35. The van der Waals surface area contributed by atoms with Crippen LogP contribution in [0.4, 0.5) is 35.5 Å². The van der Waals surface area contributed by atoms with Crippen LogP contribution >= 0.6 is 0 Å². The van der Waals surface area contributed by atoms with Gasteiger partial charge in [0.2, 0.25) is 5.91 Å². The van der Waals surface area contributed by atoms with Gasteiger partial charge in [-0.05, 0) is 69.0 Å². The number of halogens is 7. The van der Waals surface area contributed by atoms with Crippen molar-refractivity contribution in [2.75, 3.05) is 39.8 Å². The van der Waals surface area contributed by atoms with E-state index in [0.29, 0.717) is 57.2 Å². The normalized spacial score (nSPS) is 21.7. The van der Waals surface area contributed by atoms with E-state index in [-0.39, 0.29) is 23.6 Å². The zero-order valence-electron chi connectivity index (χ0n) is 25.5. The molecule has 1 aromatic rings. The summed E-state index contributed by atoms with van der Waals surface area (Å²) in [4.78, 5) is 32.6. The summed E-state index contributed by atoms with van der Waals surface area (Å²) in [7, 11) is 1.43. The van der Waals surface area contributed by atoms with Crippen molar-refractivity contribution in [3.8, 4) is 0 Å². The molecule has 3 unspecified atom stereocenters. The van der Waals surface area contributed by atoms with Crippen LogP contribution in [0.25, 0.3) is 0 Å². The first-order valence-corrected chi connectivity index (χ1v) is 14.3. The second kappa shape index (κ2) is 13.7. The summed E-state index contributed by atoms with van der Waals surface area (Å²) in [5, 5.41) is 0. The molecule has 3 amide bonds. The molecule has 44 heavy (non-hydrogen) atoms. The number of alkyl halides is 6. The number of aryl methyl sites for hydroxylation is 1. The minimum absolute atomic E-state index is 0.00880. The van der Waals surface area contributed by atoms with Gasteiger partial charge in [0.05, 0.1) is 17.7 Å². The number of hydrogen-bond donors (Lipinski definition) is 0. The maximum absolute atomic E-state index is 14.0. The van der Waals surface area contributed by atoms with Crippen molar-refractivity contribution in [3.05, 3.63) is 70.6 Å². The number of benzene rings is 1. The largest absolute Gasteiger partial charge is 0.416 e. The molecule has 2 heterocycles. The minimum atomic E-state index is -5.08. The summed E-state index contributed by atoms with van der Waals surface area (Å²) in [6.45, 7) is 11.6. The summed E-state index contributed by atoms with van der Waals surface area (Å²) in [5.41, 5.74) is -1.77. The van der Waals surface area contributed by atoms with E-state index in [1.54, 1.807) is 22.8 Å². The van der Waals surface area contributed by atoms with Crippen molar-refractivity contribution in [2.45, 2.75) is 71.0 Å². The Kier molecular flexibility index (Phi) is 11.0. The lowest BCUT2D eigenvalue weighted by atomic mass is 9.88. The molecule has 6 nitrogen and oxygen atoms in total. The predicted octanol–water partition coefficient (Wildman–Crippen LogP) is 6.80. The first kappa shape index (κ1) is 35.1. The highest BCUT2D eigenvalue weighted by molar-refractivity contribution is 5.76. The average Bonchev–Trinajstić information content (AvgIpc) is 2.94. The van der Waals surface area contributed by atoms with E-state index in [4.69, 9.17) is 0 Å². The molecule has 0 N–H and O–H groups in total. The highest BCUT2D eigenvalue weighted by Crippen LogP contribution is 2.37. The van der Waals surface area contributed by atoms with Gasteiger partial charge in [-0.25, -0.2) is 9.18 Å². The van der Waals surface area contributed by atoms with Crippen LogP contribution in [0.2, 0.25) is 0 Å². The fourth-order valence-corrected chi connectivity index (χ4v) is 5.73. The number of amides is 3. The molecule has 2 aliphatic rings. The van der Waals surface area contributed by atoms with Gasteiger partial charge in [0.15, 0.2) is 0 Å². The fourth-order valence-electron chi connectivity index (χ4n) is 5.73. The van der Waals surface area contributed by atoms with Crippen LogP contribution in [0.1, 0.15) is 50.8 Å². The molecule has 2 fully saturated rings. The summed E-state index contributed by atoms with van der Waals surface area (Å²) in [6, 6.07) is 2.57. The van der Waals surface area contributed by atoms with Gasteiger partial charge < -0.3 is 14.7 Å². The lowest BCUT2D eigenvalue weighted by Crippen LogP contribution is -2.56. The SMILES string of the molecule is C=C(C=C(C=C(C)C(C)N(C)C(=O)N1CCC(N2CCN(C(C)=O)CC2)CC1c1ccc(F)cc1C)C(F)(F)F)C(F)(F)F. The molecule has 2 saturated heterocycles. The predicted molar refractivity (Wildman–Crippen MR) is 153 cm³/mol. The molecule has 0 bridgehead atoms. The number of hydrogen-bond acceptors (Lipinski definition) is 3.